The summed E-state index contributed by atoms with van der Waals surface area (Å²) in [5, 5.41) is 9.20. The lowest BCUT2D eigenvalue weighted by Crippen LogP contribution is -2.43. The first-order valence-electron chi connectivity index (χ1n) is 11.9. The third-order valence-electron chi connectivity index (χ3n) is 7.24. The van der Waals surface area contributed by atoms with Crippen molar-refractivity contribution < 1.29 is 9.53 Å². The monoisotopic (exact) mass is 488 g/mol. The van der Waals surface area contributed by atoms with Gasteiger partial charge >= 0.3 is 0 Å². The zero-order valence-electron chi connectivity index (χ0n) is 18.9. The van der Waals surface area contributed by atoms with Gasteiger partial charge in [0, 0.05) is 25.4 Å². The number of nitrogens with one attached hydrogen (secondary N) is 1. The summed E-state index contributed by atoms with van der Waals surface area (Å²) in [6, 6.07) is 7.33. The van der Waals surface area contributed by atoms with Crippen molar-refractivity contribution >= 4 is 34.9 Å². The summed E-state index contributed by atoms with van der Waals surface area (Å²) < 4.78 is 7.35. The van der Waals surface area contributed by atoms with Gasteiger partial charge in [-0.15, -0.1) is 0 Å². The Morgan fingerprint density at radius 3 is 2.70 bits per heavy atom. The van der Waals surface area contributed by atoms with Gasteiger partial charge in [0.15, 0.2) is 0 Å². The van der Waals surface area contributed by atoms with Crippen LogP contribution in [0.4, 0.5) is 5.82 Å². The molecule has 2 aromatic rings. The molecule has 176 valence electrons. The Labute approximate surface area is 204 Å². The van der Waals surface area contributed by atoms with Gasteiger partial charge in [0.25, 0.3) is 5.91 Å². The van der Waals surface area contributed by atoms with Gasteiger partial charge in [-0.1, -0.05) is 48.5 Å². The first-order valence-corrected chi connectivity index (χ1v) is 12.6. The number of carbonyl (C=O) groups excluding carboxylic acids is 1. The maximum absolute atomic E-state index is 14.3. The van der Waals surface area contributed by atoms with Crippen molar-refractivity contribution in [2.45, 2.75) is 57.0 Å². The standard InChI is InChI=1S/C25H30Cl2N4O2/c1-33-15-18-8-5-13-30(18)25(32)22-23(16-6-3-2-4-7-16)29-21-11-12-28-31(21)24(22)17-9-10-19(26)20(27)14-17/h9-12,14,16,18,24,29H,2-8,13,15H2,1H3/t18-,24?/m0/s1. The number of likely N-dealkylation sites (tertiary alicyclic amines) is 1. The van der Waals surface area contributed by atoms with Crippen molar-refractivity contribution in [2.24, 2.45) is 5.92 Å². The lowest BCUT2D eigenvalue weighted by Gasteiger charge is -2.37. The number of amides is 1. The van der Waals surface area contributed by atoms with Crippen molar-refractivity contribution in [1.29, 1.82) is 0 Å². The number of methoxy groups -OCH3 is 1. The molecule has 1 N–H and O–H groups in total. The molecule has 8 heteroatoms. The number of hydrogen-bond donors (Lipinski definition) is 1. The zero-order valence-corrected chi connectivity index (χ0v) is 20.4. The molecule has 2 fully saturated rings. The normalized spacial score (nSPS) is 23.5. The summed E-state index contributed by atoms with van der Waals surface area (Å²) >= 11 is 12.7. The van der Waals surface area contributed by atoms with E-state index in [1.807, 2.05) is 27.8 Å². The average Bonchev–Trinajstić information content (AvgIpc) is 3.49. The van der Waals surface area contributed by atoms with E-state index in [9.17, 15) is 4.79 Å². The van der Waals surface area contributed by atoms with Gasteiger partial charge in [0.2, 0.25) is 0 Å². The fourth-order valence-electron chi connectivity index (χ4n) is 5.65. The molecule has 3 aliphatic rings. The summed E-state index contributed by atoms with van der Waals surface area (Å²) in [6.07, 6.45) is 9.53. The van der Waals surface area contributed by atoms with Crippen LogP contribution >= 0.6 is 23.2 Å². The van der Waals surface area contributed by atoms with Crippen LogP contribution in [0.2, 0.25) is 10.0 Å². The van der Waals surface area contributed by atoms with E-state index < -0.39 is 0 Å². The molecule has 1 amide bonds. The number of rotatable bonds is 5. The topological polar surface area (TPSA) is 59.4 Å². The highest BCUT2D eigenvalue weighted by Crippen LogP contribution is 2.43. The molecule has 2 atom stereocenters. The molecule has 1 saturated heterocycles. The molecule has 0 spiro atoms. The Hall–Kier alpha value is -2.02. The Balaban J connectivity index is 1.65. The van der Waals surface area contributed by atoms with E-state index in [-0.39, 0.29) is 18.0 Å². The van der Waals surface area contributed by atoms with Crippen molar-refractivity contribution in [2.75, 3.05) is 25.6 Å². The predicted octanol–water partition coefficient (Wildman–Crippen LogP) is 5.68. The summed E-state index contributed by atoms with van der Waals surface area (Å²) in [6.45, 7) is 1.30. The molecule has 33 heavy (non-hydrogen) atoms. The minimum atomic E-state index is -0.362. The van der Waals surface area contributed by atoms with Crippen LogP contribution in [0.25, 0.3) is 0 Å². The Morgan fingerprint density at radius 2 is 1.94 bits per heavy atom. The maximum Gasteiger partial charge on any atom is 0.254 e. The van der Waals surface area contributed by atoms with Crippen LogP contribution in [0.3, 0.4) is 0 Å². The molecule has 1 unspecified atom stereocenters. The van der Waals surface area contributed by atoms with E-state index in [1.54, 1.807) is 19.4 Å². The lowest BCUT2D eigenvalue weighted by atomic mass is 9.81. The molecule has 5 rings (SSSR count). The predicted molar refractivity (Wildman–Crippen MR) is 131 cm³/mol. The van der Waals surface area contributed by atoms with Crippen LogP contribution in [0.15, 0.2) is 41.7 Å². The average molecular weight is 489 g/mol. The number of carbonyl (C=O) groups is 1. The van der Waals surface area contributed by atoms with E-state index in [1.165, 1.54) is 19.3 Å². The molecule has 3 heterocycles. The van der Waals surface area contributed by atoms with Crippen molar-refractivity contribution in [3.63, 3.8) is 0 Å². The van der Waals surface area contributed by atoms with Crippen LogP contribution < -0.4 is 5.32 Å². The number of aromatic nitrogens is 2. The van der Waals surface area contributed by atoms with Crippen molar-refractivity contribution in [3.8, 4) is 0 Å². The van der Waals surface area contributed by atoms with Gasteiger partial charge in [0.05, 0.1) is 34.5 Å². The Bertz CT molecular complexity index is 1060. The molecular weight excluding hydrogens is 459 g/mol. The van der Waals surface area contributed by atoms with E-state index in [4.69, 9.17) is 27.9 Å². The van der Waals surface area contributed by atoms with Crippen LogP contribution in [-0.4, -0.2) is 46.9 Å². The molecule has 2 aliphatic heterocycles. The Morgan fingerprint density at radius 1 is 1.12 bits per heavy atom. The zero-order chi connectivity index (χ0) is 22.9. The van der Waals surface area contributed by atoms with Gasteiger partial charge in [0.1, 0.15) is 11.9 Å². The molecule has 1 aromatic carbocycles. The SMILES string of the molecule is COC[C@@H]1CCCN1C(=O)C1=C(C2CCCCC2)Nc2ccnn2C1c1ccc(Cl)c(Cl)c1. The molecule has 0 radical (unpaired) electrons. The van der Waals surface area contributed by atoms with Gasteiger partial charge in [-0.05, 0) is 49.3 Å². The second-order valence-corrected chi connectivity index (χ2v) is 10.1. The summed E-state index contributed by atoms with van der Waals surface area (Å²) in [4.78, 5) is 16.3. The van der Waals surface area contributed by atoms with Crippen LogP contribution in [0, 0.1) is 5.92 Å². The minimum absolute atomic E-state index is 0.0693. The third kappa shape index (κ3) is 4.29. The third-order valence-corrected chi connectivity index (χ3v) is 7.98. The smallest absolute Gasteiger partial charge is 0.254 e. The number of benzene rings is 1. The highest BCUT2D eigenvalue weighted by atomic mass is 35.5. The number of halogens is 2. The van der Waals surface area contributed by atoms with Crippen molar-refractivity contribution in [1.82, 2.24) is 14.7 Å². The van der Waals surface area contributed by atoms with Gasteiger partial charge < -0.3 is 15.0 Å². The highest BCUT2D eigenvalue weighted by molar-refractivity contribution is 6.42. The second kappa shape index (κ2) is 9.69. The number of nitrogens with zero attached hydrogens (tertiary/aromatic N) is 3. The molecule has 0 bridgehead atoms. The van der Waals surface area contributed by atoms with Gasteiger partial charge in [-0.25, -0.2) is 4.68 Å². The number of allylic oxidation sites excluding steroid dienone is 1. The minimum Gasteiger partial charge on any atom is -0.383 e. The molecular formula is C25H30Cl2N4O2. The Kier molecular flexibility index (Phi) is 6.68. The maximum atomic E-state index is 14.3. The molecule has 1 aliphatic carbocycles. The summed E-state index contributed by atoms with van der Waals surface area (Å²) in [7, 11) is 1.70. The highest BCUT2D eigenvalue weighted by Gasteiger charge is 2.41. The van der Waals surface area contributed by atoms with E-state index in [0.29, 0.717) is 22.6 Å². The number of hydrogen-bond acceptors (Lipinski definition) is 4. The fraction of sp³-hybridized carbons (Fsp3) is 0.520. The molecule has 1 aromatic heterocycles. The van der Waals surface area contributed by atoms with Gasteiger partial charge in [-0.2, -0.15) is 5.10 Å². The fourth-order valence-corrected chi connectivity index (χ4v) is 5.96. The van der Waals surface area contributed by atoms with E-state index >= 15 is 0 Å². The lowest BCUT2D eigenvalue weighted by molar-refractivity contribution is -0.129. The first-order chi connectivity index (χ1) is 16.1. The van der Waals surface area contributed by atoms with Crippen molar-refractivity contribution in [3.05, 3.63) is 57.3 Å². The second-order valence-electron chi connectivity index (χ2n) is 9.27. The largest absolute Gasteiger partial charge is 0.383 e. The van der Waals surface area contributed by atoms with E-state index in [2.05, 4.69) is 10.4 Å². The molecule has 1 saturated carbocycles. The van der Waals surface area contributed by atoms with Crippen LogP contribution in [0.1, 0.15) is 56.6 Å². The number of ether oxygens (including phenoxy) is 1. The summed E-state index contributed by atoms with van der Waals surface area (Å²) in [5.74, 6) is 1.30. The van der Waals surface area contributed by atoms with E-state index in [0.717, 1.165) is 54.9 Å². The summed E-state index contributed by atoms with van der Waals surface area (Å²) in [5.41, 5.74) is 2.74. The first kappa shape index (κ1) is 22.8. The van der Waals surface area contributed by atoms with Crippen LogP contribution in [-0.2, 0) is 9.53 Å². The quantitative estimate of drug-likeness (QED) is 0.588. The van der Waals surface area contributed by atoms with Crippen LogP contribution in [0.5, 0.6) is 0 Å². The number of anilines is 1. The molecule has 6 nitrogen and oxygen atoms in total. The van der Waals surface area contributed by atoms with Gasteiger partial charge in [-0.3, -0.25) is 4.79 Å². The number of fused-ring (bicyclic) bond motifs is 1.